The van der Waals surface area contributed by atoms with Crippen LogP contribution in [-0.4, -0.2) is 53.0 Å². The average Bonchev–Trinajstić information content (AvgIpc) is 3.12. The molecule has 1 aromatic heterocycles. The number of nitrogens with one attached hydrogen (secondary N) is 2. The zero-order valence-corrected chi connectivity index (χ0v) is 17.1. The Kier molecular flexibility index (Phi) is 8.56. The molecule has 0 saturated heterocycles. The molecular formula is C19H24N4O5S. The summed E-state index contributed by atoms with van der Waals surface area (Å²) in [6.45, 7) is 3.61. The van der Waals surface area contributed by atoms with Crippen molar-refractivity contribution in [3.8, 4) is 11.5 Å². The number of rotatable bonds is 11. The van der Waals surface area contributed by atoms with Gasteiger partial charge in [0.2, 0.25) is 11.8 Å². The minimum Gasteiger partial charge on any atom is -0.497 e. The molecule has 9 nitrogen and oxygen atoms in total. The number of aliphatic hydroxyl groups is 1. The highest BCUT2D eigenvalue weighted by atomic mass is 32.2. The third-order valence-corrected chi connectivity index (χ3v) is 4.81. The number of hydrogen-bond donors (Lipinski definition) is 3. The number of thioether (sulfide) groups is 1. The molecule has 2 amide bonds. The number of aromatic nitrogens is 2. The maximum absolute atomic E-state index is 12.4. The van der Waals surface area contributed by atoms with Gasteiger partial charge in [-0.25, -0.2) is 4.98 Å². The minimum absolute atomic E-state index is 0.0139. The van der Waals surface area contributed by atoms with Crippen LogP contribution in [0.5, 0.6) is 11.5 Å². The molecule has 1 aromatic carbocycles. The van der Waals surface area contributed by atoms with E-state index in [1.807, 2.05) is 0 Å². The van der Waals surface area contributed by atoms with Crippen LogP contribution in [0.15, 0.2) is 42.2 Å². The summed E-state index contributed by atoms with van der Waals surface area (Å²) >= 11 is 1.16. The van der Waals surface area contributed by atoms with Gasteiger partial charge in [-0.2, -0.15) is 0 Å². The first kappa shape index (κ1) is 22.3. The fraction of sp³-hybridized carbons (Fsp3) is 0.316. The van der Waals surface area contributed by atoms with E-state index in [2.05, 4.69) is 22.2 Å². The molecule has 1 heterocycles. The Hall–Kier alpha value is -2.98. The maximum Gasteiger partial charge on any atom is 0.240 e. The Morgan fingerprint density at radius 1 is 1.31 bits per heavy atom. The zero-order valence-electron chi connectivity index (χ0n) is 16.3. The number of anilines is 1. The molecule has 0 saturated carbocycles. The third-order valence-electron chi connectivity index (χ3n) is 3.82. The molecule has 0 radical (unpaired) electrons. The van der Waals surface area contributed by atoms with Crippen LogP contribution in [0.2, 0.25) is 0 Å². The summed E-state index contributed by atoms with van der Waals surface area (Å²) in [7, 11) is 3.05. The summed E-state index contributed by atoms with van der Waals surface area (Å²) in [5.74, 6) is 0.639. The van der Waals surface area contributed by atoms with Gasteiger partial charge in [-0.1, -0.05) is 17.8 Å². The fourth-order valence-corrected chi connectivity index (χ4v) is 3.20. The number of imidazole rings is 1. The lowest BCUT2D eigenvalue weighted by molar-refractivity contribution is -0.121. The Morgan fingerprint density at radius 3 is 2.76 bits per heavy atom. The highest BCUT2D eigenvalue weighted by Gasteiger charge is 2.15. The van der Waals surface area contributed by atoms with Gasteiger partial charge in [-0.3, -0.25) is 9.59 Å². The Balaban J connectivity index is 2.02. The van der Waals surface area contributed by atoms with Crippen LogP contribution in [0.3, 0.4) is 0 Å². The van der Waals surface area contributed by atoms with E-state index < -0.39 is 0 Å². The zero-order chi connectivity index (χ0) is 21.2. The van der Waals surface area contributed by atoms with E-state index in [4.69, 9.17) is 9.47 Å². The smallest absolute Gasteiger partial charge is 0.240 e. The molecule has 0 bridgehead atoms. The van der Waals surface area contributed by atoms with Gasteiger partial charge in [-0.15, -0.1) is 6.58 Å². The molecule has 0 fully saturated rings. The normalized spacial score (nSPS) is 10.3. The average molecular weight is 420 g/mol. The molecule has 156 valence electrons. The largest absolute Gasteiger partial charge is 0.497 e. The number of hydrogen-bond acceptors (Lipinski definition) is 7. The lowest BCUT2D eigenvalue weighted by Crippen LogP contribution is -2.28. The van der Waals surface area contributed by atoms with Crippen LogP contribution in [0.4, 0.5) is 5.69 Å². The van der Waals surface area contributed by atoms with Gasteiger partial charge in [-0.05, 0) is 12.1 Å². The van der Waals surface area contributed by atoms with Crippen LogP contribution in [-0.2, 0) is 22.7 Å². The molecule has 0 aliphatic heterocycles. The minimum atomic E-state index is -0.269. The van der Waals surface area contributed by atoms with Crippen molar-refractivity contribution in [2.24, 2.45) is 0 Å². The van der Waals surface area contributed by atoms with Crippen molar-refractivity contribution in [3.05, 3.63) is 42.7 Å². The van der Waals surface area contributed by atoms with E-state index in [0.717, 1.165) is 11.8 Å². The van der Waals surface area contributed by atoms with Gasteiger partial charge in [0.05, 0.1) is 44.2 Å². The Labute approximate surface area is 173 Å². The molecule has 0 atom stereocenters. The summed E-state index contributed by atoms with van der Waals surface area (Å²) in [5, 5.41) is 15.4. The van der Waals surface area contributed by atoms with Crippen LogP contribution >= 0.6 is 11.8 Å². The first-order valence-corrected chi connectivity index (χ1v) is 9.68. The van der Waals surface area contributed by atoms with E-state index >= 15 is 0 Å². The van der Waals surface area contributed by atoms with E-state index in [0.29, 0.717) is 34.6 Å². The number of amides is 2. The number of carbonyl (C=O) groups excluding carboxylic acids is 2. The van der Waals surface area contributed by atoms with E-state index in [1.165, 1.54) is 13.3 Å². The van der Waals surface area contributed by atoms with Crippen LogP contribution in [0.25, 0.3) is 0 Å². The highest BCUT2D eigenvalue weighted by Crippen LogP contribution is 2.29. The predicted molar refractivity (Wildman–Crippen MR) is 110 cm³/mol. The summed E-state index contributed by atoms with van der Waals surface area (Å²) < 4.78 is 12.0. The summed E-state index contributed by atoms with van der Waals surface area (Å²) in [5.41, 5.74) is 1.00. The second-order valence-corrected chi connectivity index (χ2v) is 6.71. The fourth-order valence-electron chi connectivity index (χ4n) is 2.41. The SMILES string of the molecule is C=CCNC(=O)Cn1c(CO)cnc1SCC(=O)Nc1ccc(OC)cc1OC. The Morgan fingerprint density at radius 2 is 2.10 bits per heavy atom. The van der Waals surface area contributed by atoms with Gasteiger partial charge < -0.3 is 29.8 Å². The van der Waals surface area contributed by atoms with Crippen molar-refractivity contribution >= 4 is 29.3 Å². The first-order valence-electron chi connectivity index (χ1n) is 8.69. The third kappa shape index (κ3) is 6.26. The second-order valence-electron chi connectivity index (χ2n) is 5.77. The second kappa shape index (κ2) is 11.1. The van der Waals surface area contributed by atoms with Gasteiger partial charge in [0.25, 0.3) is 0 Å². The molecule has 29 heavy (non-hydrogen) atoms. The van der Waals surface area contributed by atoms with E-state index in [9.17, 15) is 14.7 Å². The summed E-state index contributed by atoms with van der Waals surface area (Å²) in [4.78, 5) is 28.6. The molecule has 0 unspecified atom stereocenters. The van der Waals surface area contributed by atoms with Crippen LogP contribution < -0.4 is 20.1 Å². The van der Waals surface area contributed by atoms with Crippen molar-refractivity contribution in [2.75, 3.05) is 31.8 Å². The molecule has 10 heteroatoms. The molecule has 0 aliphatic rings. The number of aliphatic hydroxyl groups excluding tert-OH is 1. The van der Waals surface area contributed by atoms with Crippen molar-refractivity contribution in [3.63, 3.8) is 0 Å². The molecule has 0 spiro atoms. The summed E-state index contributed by atoms with van der Waals surface area (Å²) in [6, 6.07) is 5.08. The van der Waals surface area contributed by atoms with Gasteiger partial charge in [0.1, 0.15) is 18.0 Å². The van der Waals surface area contributed by atoms with Crippen LogP contribution in [0, 0.1) is 0 Å². The first-order chi connectivity index (χ1) is 14.0. The quantitative estimate of drug-likeness (QED) is 0.372. The number of ether oxygens (including phenoxy) is 2. The lowest BCUT2D eigenvalue weighted by atomic mass is 10.2. The molecule has 0 aliphatic carbocycles. The molecular weight excluding hydrogens is 396 g/mol. The topological polar surface area (TPSA) is 115 Å². The standard InChI is InChI=1S/C19H24N4O5S/c1-4-7-20-17(25)10-23-13(11-24)9-21-19(23)29-12-18(26)22-15-6-5-14(27-2)8-16(15)28-3/h4-6,8-9,24H,1,7,10-12H2,2-3H3,(H,20,25)(H,22,26). The number of carbonyl (C=O) groups is 2. The van der Waals surface area contributed by atoms with Gasteiger partial charge >= 0.3 is 0 Å². The van der Waals surface area contributed by atoms with E-state index in [-0.39, 0.29) is 30.7 Å². The molecule has 2 rings (SSSR count). The van der Waals surface area contributed by atoms with Crippen molar-refractivity contribution < 1.29 is 24.2 Å². The van der Waals surface area contributed by atoms with Gasteiger partial charge in [0.15, 0.2) is 5.16 Å². The summed E-state index contributed by atoms with van der Waals surface area (Å²) in [6.07, 6.45) is 3.06. The van der Waals surface area contributed by atoms with Crippen LogP contribution in [0.1, 0.15) is 5.69 Å². The van der Waals surface area contributed by atoms with Gasteiger partial charge in [0, 0.05) is 12.6 Å². The van der Waals surface area contributed by atoms with Crippen molar-refractivity contribution in [2.45, 2.75) is 18.3 Å². The molecule has 2 aromatic rings. The monoisotopic (exact) mass is 420 g/mol. The Bertz CT molecular complexity index is 868. The van der Waals surface area contributed by atoms with Crippen molar-refractivity contribution in [1.82, 2.24) is 14.9 Å². The highest BCUT2D eigenvalue weighted by molar-refractivity contribution is 7.99. The number of nitrogens with zero attached hydrogens (tertiary/aromatic N) is 2. The predicted octanol–water partition coefficient (Wildman–Crippen LogP) is 1.43. The lowest BCUT2D eigenvalue weighted by Gasteiger charge is -2.12. The number of methoxy groups -OCH3 is 2. The number of benzene rings is 1. The van der Waals surface area contributed by atoms with Crippen molar-refractivity contribution in [1.29, 1.82) is 0 Å². The maximum atomic E-state index is 12.4. The molecule has 3 N–H and O–H groups in total. The van der Waals surface area contributed by atoms with E-state index in [1.54, 1.807) is 36.0 Å².